The summed E-state index contributed by atoms with van der Waals surface area (Å²) in [4.78, 5) is 10.5. The van der Waals surface area contributed by atoms with Gasteiger partial charge in [-0.15, -0.1) is 0 Å². The Hall–Kier alpha value is -1.62. The summed E-state index contributed by atoms with van der Waals surface area (Å²) in [5, 5.41) is 23.1. The van der Waals surface area contributed by atoms with E-state index in [4.69, 9.17) is 5.11 Å². The highest BCUT2D eigenvalue weighted by Crippen LogP contribution is 2.23. The predicted molar refractivity (Wildman–Crippen MR) is 76.4 cm³/mol. The molecule has 5 heteroatoms. The van der Waals surface area contributed by atoms with E-state index in [2.05, 4.69) is 12.2 Å². The van der Waals surface area contributed by atoms with Gasteiger partial charge in [0.05, 0.1) is 4.92 Å². The van der Waals surface area contributed by atoms with E-state index < -0.39 is 0 Å². The molecule has 0 radical (unpaired) electrons. The molecule has 0 aliphatic heterocycles. The largest absolute Gasteiger partial charge is 0.396 e. The average Bonchev–Trinajstić information content (AvgIpc) is 2.37. The van der Waals surface area contributed by atoms with Crippen molar-refractivity contribution in [1.82, 2.24) is 0 Å². The van der Waals surface area contributed by atoms with E-state index in [1.807, 2.05) is 6.07 Å². The summed E-state index contributed by atoms with van der Waals surface area (Å²) in [5.74, 6) is 0.398. The first-order valence-corrected chi connectivity index (χ1v) is 6.68. The Kier molecular flexibility index (Phi) is 6.29. The zero-order valence-electron chi connectivity index (χ0n) is 11.6. The van der Waals surface area contributed by atoms with Crippen LogP contribution in [0.5, 0.6) is 0 Å². The van der Waals surface area contributed by atoms with Gasteiger partial charge in [0.1, 0.15) is 0 Å². The molecule has 0 saturated heterocycles. The molecule has 1 unspecified atom stereocenters. The van der Waals surface area contributed by atoms with Gasteiger partial charge in [0.2, 0.25) is 0 Å². The van der Waals surface area contributed by atoms with Crippen LogP contribution in [0.1, 0.15) is 31.7 Å². The van der Waals surface area contributed by atoms with Crippen LogP contribution in [-0.2, 0) is 0 Å². The Morgan fingerprint density at radius 1 is 1.42 bits per heavy atom. The molecule has 0 heterocycles. The van der Waals surface area contributed by atoms with Crippen LogP contribution in [0.2, 0.25) is 0 Å². The summed E-state index contributed by atoms with van der Waals surface area (Å²) in [6.45, 7) is 4.75. The minimum absolute atomic E-state index is 0.138. The van der Waals surface area contributed by atoms with E-state index in [1.165, 1.54) is 0 Å². The van der Waals surface area contributed by atoms with Gasteiger partial charge in [0.15, 0.2) is 0 Å². The van der Waals surface area contributed by atoms with Crippen molar-refractivity contribution in [3.05, 3.63) is 33.9 Å². The Morgan fingerprint density at radius 3 is 2.74 bits per heavy atom. The van der Waals surface area contributed by atoms with E-state index >= 15 is 0 Å². The van der Waals surface area contributed by atoms with Gasteiger partial charge in [0, 0.05) is 30.5 Å². The molecular formula is C14H22N2O3. The second-order valence-corrected chi connectivity index (χ2v) is 4.81. The fraction of sp³-hybridized carbons (Fsp3) is 0.571. The molecule has 0 fully saturated rings. The predicted octanol–water partition coefficient (Wildman–Crippen LogP) is 3.11. The molecule has 1 aromatic rings. The summed E-state index contributed by atoms with van der Waals surface area (Å²) < 4.78 is 0. The van der Waals surface area contributed by atoms with Crippen LogP contribution in [0.15, 0.2) is 18.2 Å². The molecular weight excluding hydrogens is 244 g/mol. The summed E-state index contributed by atoms with van der Waals surface area (Å²) in [6, 6.07) is 5.17. The van der Waals surface area contributed by atoms with Gasteiger partial charge in [-0.2, -0.15) is 0 Å². The minimum atomic E-state index is -0.363. The Bertz CT molecular complexity index is 415. The lowest BCUT2D eigenvalue weighted by molar-refractivity contribution is -0.385. The van der Waals surface area contributed by atoms with Gasteiger partial charge in [-0.1, -0.05) is 19.4 Å². The number of hydrogen-bond donors (Lipinski definition) is 2. The smallest absolute Gasteiger partial charge is 0.274 e. The molecule has 1 rings (SSSR count). The highest BCUT2D eigenvalue weighted by atomic mass is 16.6. The number of nitrogens with zero attached hydrogens (tertiary/aromatic N) is 1. The van der Waals surface area contributed by atoms with Gasteiger partial charge in [0.25, 0.3) is 5.69 Å². The number of nitrogens with one attached hydrogen (secondary N) is 1. The first-order valence-electron chi connectivity index (χ1n) is 6.68. The summed E-state index contributed by atoms with van der Waals surface area (Å²) in [5.41, 5.74) is 1.56. The van der Waals surface area contributed by atoms with Crippen molar-refractivity contribution in [2.75, 3.05) is 18.5 Å². The number of rotatable bonds is 8. The van der Waals surface area contributed by atoms with Crippen molar-refractivity contribution in [3.63, 3.8) is 0 Å². The van der Waals surface area contributed by atoms with Crippen LogP contribution < -0.4 is 5.32 Å². The molecule has 0 aliphatic carbocycles. The molecule has 0 aliphatic rings. The Labute approximate surface area is 113 Å². The fourth-order valence-electron chi connectivity index (χ4n) is 2.12. The van der Waals surface area contributed by atoms with Crippen LogP contribution in [0, 0.1) is 23.0 Å². The maximum absolute atomic E-state index is 10.9. The zero-order chi connectivity index (χ0) is 14.3. The third-order valence-corrected chi connectivity index (χ3v) is 3.23. The molecule has 0 spiro atoms. The van der Waals surface area contributed by atoms with Crippen molar-refractivity contribution >= 4 is 11.4 Å². The maximum Gasteiger partial charge on any atom is 0.274 e. The van der Waals surface area contributed by atoms with Crippen molar-refractivity contribution < 1.29 is 10.0 Å². The SMILES string of the molecule is CCCC(CCO)CNc1ccc(C)c([N+](=O)[O-])c1. The molecule has 106 valence electrons. The van der Waals surface area contributed by atoms with Gasteiger partial charge in [-0.25, -0.2) is 0 Å². The lowest BCUT2D eigenvalue weighted by Gasteiger charge is -2.16. The normalized spacial score (nSPS) is 12.2. The van der Waals surface area contributed by atoms with E-state index in [0.29, 0.717) is 11.5 Å². The van der Waals surface area contributed by atoms with Crippen LogP contribution in [0.3, 0.4) is 0 Å². The van der Waals surface area contributed by atoms with Crippen molar-refractivity contribution in [2.24, 2.45) is 5.92 Å². The summed E-state index contributed by atoms with van der Waals surface area (Å²) >= 11 is 0. The van der Waals surface area contributed by atoms with Crippen molar-refractivity contribution in [1.29, 1.82) is 0 Å². The zero-order valence-corrected chi connectivity index (χ0v) is 11.6. The number of aryl methyl sites for hydroxylation is 1. The van der Waals surface area contributed by atoms with Crippen molar-refractivity contribution in [2.45, 2.75) is 33.1 Å². The first-order chi connectivity index (χ1) is 9.08. The first kappa shape index (κ1) is 15.4. The monoisotopic (exact) mass is 266 g/mol. The number of nitro benzene ring substituents is 1. The third-order valence-electron chi connectivity index (χ3n) is 3.23. The fourth-order valence-corrected chi connectivity index (χ4v) is 2.12. The van der Waals surface area contributed by atoms with Gasteiger partial charge < -0.3 is 10.4 Å². The second-order valence-electron chi connectivity index (χ2n) is 4.81. The molecule has 5 nitrogen and oxygen atoms in total. The van der Waals surface area contributed by atoms with Gasteiger partial charge in [-0.3, -0.25) is 10.1 Å². The number of anilines is 1. The third kappa shape index (κ3) is 4.87. The maximum atomic E-state index is 10.9. The van der Waals surface area contributed by atoms with Crippen molar-refractivity contribution in [3.8, 4) is 0 Å². The topological polar surface area (TPSA) is 75.4 Å². The summed E-state index contributed by atoms with van der Waals surface area (Å²) in [6.07, 6.45) is 2.87. The molecule has 19 heavy (non-hydrogen) atoms. The molecule has 1 aromatic carbocycles. The molecule has 1 atom stereocenters. The molecule has 2 N–H and O–H groups in total. The second kappa shape index (κ2) is 7.74. The minimum Gasteiger partial charge on any atom is -0.396 e. The quantitative estimate of drug-likeness (QED) is 0.560. The number of aliphatic hydroxyl groups is 1. The van der Waals surface area contributed by atoms with Gasteiger partial charge in [-0.05, 0) is 31.7 Å². The van der Waals surface area contributed by atoms with E-state index in [-0.39, 0.29) is 17.2 Å². The average molecular weight is 266 g/mol. The van der Waals surface area contributed by atoms with E-state index in [1.54, 1.807) is 19.1 Å². The number of hydrogen-bond acceptors (Lipinski definition) is 4. The molecule has 0 bridgehead atoms. The Balaban J connectivity index is 2.66. The standard InChI is InChI=1S/C14H22N2O3/c1-3-4-12(7-8-17)10-15-13-6-5-11(2)14(9-13)16(18)19/h5-6,9,12,15,17H,3-4,7-8,10H2,1-2H3. The Morgan fingerprint density at radius 2 is 2.16 bits per heavy atom. The van der Waals surface area contributed by atoms with Crippen LogP contribution >= 0.6 is 0 Å². The van der Waals surface area contributed by atoms with E-state index in [9.17, 15) is 10.1 Å². The number of benzene rings is 1. The van der Waals surface area contributed by atoms with E-state index in [0.717, 1.165) is 31.5 Å². The number of nitro groups is 1. The lowest BCUT2D eigenvalue weighted by Crippen LogP contribution is -2.15. The molecule has 0 aromatic heterocycles. The van der Waals surface area contributed by atoms with Gasteiger partial charge >= 0.3 is 0 Å². The van der Waals surface area contributed by atoms with Crippen LogP contribution in [0.25, 0.3) is 0 Å². The van der Waals surface area contributed by atoms with Crippen LogP contribution in [0.4, 0.5) is 11.4 Å². The summed E-state index contributed by atoms with van der Waals surface area (Å²) in [7, 11) is 0. The molecule has 0 saturated carbocycles. The highest BCUT2D eigenvalue weighted by Gasteiger charge is 2.12. The molecule has 0 amide bonds. The highest BCUT2D eigenvalue weighted by molar-refractivity contribution is 5.54. The van der Waals surface area contributed by atoms with Crippen LogP contribution in [-0.4, -0.2) is 23.2 Å². The lowest BCUT2D eigenvalue weighted by atomic mass is 10.00. The number of aliphatic hydroxyl groups excluding tert-OH is 1.